The van der Waals surface area contributed by atoms with Gasteiger partial charge in [0.1, 0.15) is 12.1 Å². The van der Waals surface area contributed by atoms with Gasteiger partial charge in [0.2, 0.25) is 5.91 Å². The third-order valence-electron chi connectivity index (χ3n) is 5.07. The molecule has 1 amide bonds. The van der Waals surface area contributed by atoms with Crippen molar-refractivity contribution >= 4 is 17.5 Å². The minimum absolute atomic E-state index is 0.0894. The first-order valence-electron chi connectivity index (χ1n) is 9.19. The van der Waals surface area contributed by atoms with Gasteiger partial charge in [-0.2, -0.15) is 0 Å². The highest BCUT2D eigenvalue weighted by Crippen LogP contribution is 2.34. The molecular weight excluding hydrogens is 360 g/mol. The molecule has 1 heterocycles. The Balaban J connectivity index is 1.90. The van der Waals surface area contributed by atoms with Crippen molar-refractivity contribution in [3.05, 3.63) is 70.7 Å². The lowest BCUT2D eigenvalue weighted by molar-refractivity contribution is -0.159. The highest BCUT2D eigenvalue weighted by Gasteiger charge is 2.41. The van der Waals surface area contributed by atoms with Gasteiger partial charge >= 0.3 is 0 Å². The molecular formula is C22H27ClN2O2. The van der Waals surface area contributed by atoms with Crippen LogP contribution in [0.15, 0.2) is 54.6 Å². The summed E-state index contributed by atoms with van der Waals surface area (Å²) in [7, 11) is 3.88. The van der Waals surface area contributed by atoms with E-state index in [1.807, 2.05) is 78.5 Å². The SMILES string of the molecule is CN(C)C(C(=O)N1CC(c2cccc(Cl)c2)OCC1(C)C)c1ccccc1. The summed E-state index contributed by atoms with van der Waals surface area (Å²) in [5.41, 5.74) is 1.61. The van der Waals surface area contributed by atoms with Crippen LogP contribution >= 0.6 is 11.6 Å². The number of amides is 1. The van der Waals surface area contributed by atoms with E-state index < -0.39 is 0 Å². The molecule has 0 saturated carbocycles. The minimum atomic E-state index is -0.380. The molecule has 2 unspecified atom stereocenters. The second-order valence-corrected chi connectivity index (χ2v) is 8.33. The minimum Gasteiger partial charge on any atom is -0.369 e. The maximum Gasteiger partial charge on any atom is 0.245 e. The van der Waals surface area contributed by atoms with Crippen molar-refractivity contribution in [1.82, 2.24) is 9.80 Å². The van der Waals surface area contributed by atoms with E-state index in [0.29, 0.717) is 18.2 Å². The maximum atomic E-state index is 13.6. The van der Waals surface area contributed by atoms with Crippen molar-refractivity contribution in [2.75, 3.05) is 27.2 Å². The van der Waals surface area contributed by atoms with E-state index in [4.69, 9.17) is 16.3 Å². The van der Waals surface area contributed by atoms with Crippen molar-refractivity contribution in [3.63, 3.8) is 0 Å². The highest BCUT2D eigenvalue weighted by atomic mass is 35.5. The molecule has 0 aliphatic carbocycles. The Morgan fingerprint density at radius 2 is 1.89 bits per heavy atom. The highest BCUT2D eigenvalue weighted by molar-refractivity contribution is 6.30. The molecule has 1 aliphatic rings. The Labute approximate surface area is 166 Å². The van der Waals surface area contributed by atoms with Crippen LogP contribution in [0.5, 0.6) is 0 Å². The van der Waals surface area contributed by atoms with Gasteiger partial charge in [0.15, 0.2) is 0 Å². The van der Waals surface area contributed by atoms with E-state index in [1.165, 1.54) is 0 Å². The van der Waals surface area contributed by atoms with Gasteiger partial charge in [-0.15, -0.1) is 0 Å². The molecule has 1 aliphatic heterocycles. The molecule has 1 saturated heterocycles. The second kappa shape index (κ2) is 8.01. The fourth-order valence-corrected chi connectivity index (χ4v) is 3.79. The topological polar surface area (TPSA) is 32.8 Å². The number of halogens is 1. The third kappa shape index (κ3) is 4.34. The number of rotatable bonds is 4. The first-order valence-corrected chi connectivity index (χ1v) is 9.57. The molecule has 4 nitrogen and oxygen atoms in total. The maximum absolute atomic E-state index is 13.6. The monoisotopic (exact) mass is 386 g/mol. The summed E-state index contributed by atoms with van der Waals surface area (Å²) in [4.78, 5) is 17.5. The van der Waals surface area contributed by atoms with Crippen LogP contribution < -0.4 is 0 Å². The predicted molar refractivity (Wildman–Crippen MR) is 109 cm³/mol. The smallest absolute Gasteiger partial charge is 0.245 e. The van der Waals surface area contributed by atoms with Gasteiger partial charge in [0.05, 0.1) is 18.7 Å². The Hall–Kier alpha value is -1.88. The lowest BCUT2D eigenvalue weighted by atomic mass is 9.95. The Morgan fingerprint density at radius 1 is 1.19 bits per heavy atom. The number of carbonyl (C=O) groups excluding carboxylic acids is 1. The van der Waals surface area contributed by atoms with Gasteiger partial charge in [0.25, 0.3) is 0 Å². The summed E-state index contributed by atoms with van der Waals surface area (Å²) < 4.78 is 6.09. The number of likely N-dealkylation sites (N-methyl/N-ethyl adjacent to an activating group) is 1. The van der Waals surface area contributed by atoms with Crippen LogP contribution in [0.4, 0.5) is 0 Å². The van der Waals surface area contributed by atoms with Gasteiger partial charge in [-0.3, -0.25) is 9.69 Å². The van der Waals surface area contributed by atoms with Crippen LogP contribution in [0.25, 0.3) is 0 Å². The average Bonchev–Trinajstić information content (AvgIpc) is 2.62. The number of nitrogens with zero attached hydrogens (tertiary/aromatic N) is 2. The number of benzene rings is 2. The van der Waals surface area contributed by atoms with Gasteiger partial charge in [-0.05, 0) is 51.2 Å². The van der Waals surface area contributed by atoms with E-state index in [0.717, 1.165) is 11.1 Å². The molecule has 2 aromatic carbocycles. The Kier molecular flexibility index (Phi) is 5.89. The second-order valence-electron chi connectivity index (χ2n) is 7.89. The van der Waals surface area contributed by atoms with Crippen molar-refractivity contribution < 1.29 is 9.53 Å². The number of hydrogen-bond donors (Lipinski definition) is 0. The van der Waals surface area contributed by atoms with E-state index in [9.17, 15) is 4.79 Å². The van der Waals surface area contributed by atoms with Crippen LogP contribution in [0.2, 0.25) is 5.02 Å². The molecule has 0 aromatic heterocycles. The third-order valence-corrected chi connectivity index (χ3v) is 5.30. The number of morpholine rings is 1. The first-order chi connectivity index (χ1) is 12.8. The standard InChI is InChI=1S/C22H27ClN2O2/c1-22(2)15-27-19(17-11-8-12-18(23)13-17)14-25(22)21(26)20(24(3)4)16-9-6-5-7-10-16/h5-13,19-20H,14-15H2,1-4H3. The van der Waals surface area contributed by atoms with Crippen LogP contribution in [0.1, 0.15) is 37.1 Å². The molecule has 2 aromatic rings. The average molecular weight is 387 g/mol. The molecule has 144 valence electrons. The molecule has 27 heavy (non-hydrogen) atoms. The molecule has 0 spiro atoms. The van der Waals surface area contributed by atoms with Crippen LogP contribution in [-0.4, -0.2) is 48.5 Å². The number of hydrogen-bond acceptors (Lipinski definition) is 3. The number of carbonyl (C=O) groups is 1. The van der Waals surface area contributed by atoms with E-state index in [1.54, 1.807) is 0 Å². The molecule has 5 heteroatoms. The normalized spacial score (nSPS) is 20.5. The number of ether oxygens (including phenoxy) is 1. The van der Waals surface area contributed by atoms with Crippen LogP contribution in [-0.2, 0) is 9.53 Å². The summed E-state index contributed by atoms with van der Waals surface area (Å²) in [6, 6.07) is 17.3. The zero-order chi connectivity index (χ0) is 19.6. The van der Waals surface area contributed by atoms with Crippen molar-refractivity contribution in [1.29, 1.82) is 0 Å². The van der Waals surface area contributed by atoms with E-state index >= 15 is 0 Å². The molecule has 0 bridgehead atoms. The zero-order valence-corrected chi connectivity index (χ0v) is 17.1. The Morgan fingerprint density at radius 3 is 2.52 bits per heavy atom. The molecule has 3 rings (SSSR count). The lowest BCUT2D eigenvalue weighted by Gasteiger charge is -2.47. The molecule has 0 radical (unpaired) electrons. The van der Waals surface area contributed by atoms with Gasteiger partial charge in [-0.1, -0.05) is 54.1 Å². The lowest BCUT2D eigenvalue weighted by Crippen LogP contribution is -2.58. The van der Waals surface area contributed by atoms with Crippen molar-refractivity contribution in [3.8, 4) is 0 Å². The fraction of sp³-hybridized carbons (Fsp3) is 0.409. The van der Waals surface area contributed by atoms with E-state index in [2.05, 4.69) is 13.8 Å². The van der Waals surface area contributed by atoms with Crippen LogP contribution in [0, 0.1) is 0 Å². The van der Waals surface area contributed by atoms with Crippen LogP contribution in [0.3, 0.4) is 0 Å². The van der Waals surface area contributed by atoms with Gasteiger partial charge in [-0.25, -0.2) is 0 Å². The first kappa shape index (κ1) is 19.9. The summed E-state index contributed by atoms with van der Waals surface area (Å²) in [6.45, 7) is 5.09. The summed E-state index contributed by atoms with van der Waals surface area (Å²) in [5.74, 6) is 0.0894. The molecule has 1 fully saturated rings. The zero-order valence-electron chi connectivity index (χ0n) is 16.4. The summed E-state index contributed by atoms with van der Waals surface area (Å²) >= 11 is 6.15. The van der Waals surface area contributed by atoms with E-state index in [-0.39, 0.29) is 23.6 Å². The van der Waals surface area contributed by atoms with Crippen molar-refractivity contribution in [2.24, 2.45) is 0 Å². The summed E-state index contributed by atoms with van der Waals surface area (Å²) in [5, 5.41) is 0.675. The molecule has 0 N–H and O–H groups in total. The van der Waals surface area contributed by atoms with Crippen molar-refractivity contribution in [2.45, 2.75) is 31.5 Å². The largest absolute Gasteiger partial charge is 0.369 e. The fourth-order valence-electron chi connectivity index (χ4n) is 3.59. The molecule has 2 atom stereocenters. The Bertz CT molecular complexity index is 792. The van der Waals surface area contributed by atoms with Gasteiger partial charge < -0.3 is 9.64 Å². The predicted octanol–water partition coefficient (Wildman–Crippen LogP) is 4.32. The summed E-state index contributed by atoms with van der Waals surface area (Å²) in [6.07, 6.45) is -0.181. The quantitative estimate of drug-likeness (QED) is 0.784. The van der Waals surface area contributed by atoms with Gasteiger partial charge in [0, 0.05) is 5.02 Å².